The van der Waals surface area contributed by atoms with Crippen molar-refractivity contribution in [3.8, 4) is 6.07 Å². The minimum atomic E-state index is 0.294. The first-order valence-electron chi connectivity index (χ1n) is 10.3. The zero-order valence-electron chi connectivity index (χ0n) is 16.2. The topological polar surface area (TPSA) is 99.6 Å². The van der Waals surface area contributed by atoms with Gasteiger partial charge in [-0.1, -0.05) is 22.0 Å². The molecule has 1 heterocycles. The zero-order valence-corrected chi connectivity index (χ0v) is 17.8. The van der Waals surface area contributed by atoms with Crippen molar-refractivity contribution in [3.63, 3.8) is 0 Å². The molecule has 4 bridgehead atoms. The van der Waals surface area contributed by atoms with Gasteiger partial charge >= 0.3 is 0 Å². The molecule has 1 aromatic heterocycles. The van der Waals surface area contributed by atoms with Gasteiger partial charge in [-0.3, -0.25) is 0 Å². The average Bonchev–Trinajstić information content (AvgIpc) is 2.70. The van der Waals surface area contributed by atoms with Crippen molar-refractivity contribution < 1.29 is 0 Å². The van der Waals surface area contributed by atoms with E-state index in [2.05, 4.69) is 42.6 Å². The summed E-state index contributed by atoms with van der Waals surface area (Å²) in [5.41, 5.74) is 8.15. The van der Waals surface area contributed by atoms with Crippen LogP contribution in [0.3, 0.4) is 0 Å². The van der Waals surface area contributed by atoms with E-state index >= 15 is 0 Å². The lowest BCUT2D eigenvalue weighted by atomic mass is 9.48. The summed E-state index contributed by atoms with van der Waals surface area (Å²) >= 11 is 3.47. The number of anilines is 3. The molecule has 4 aliphatic rings. The zero-order chi connectivity index (χ0) is 20.0. The van der Waals surface area contributed by atoms with Gasteiger partial charge in [-0.15, -0.1) is 0 Å². The lowest BCUT2D eigenvalue weighted by molar-refractivity contribution is -0.0591. The monoisotopic (exact) mass is 452 g/mol. The largest absolute Gasteiger partial charge is 0.368 e. The van der Waals surface area contributed by atoms with Crippen LogP contribution in [0, 0.1) is 34.5 Å². The summed E-state index contributed by atoms with van der Waals surface area (Å²) in [6, 6.07) is 10.4. The number of hydrogen-bond donors (Lipinski definition) is 3. The normalized spacial score (nSPS) is 32.0. The highest BCUT2D eigenvalue weighted by Gasteiger charge is 2.54. The van der Waals surface area contributed by atoms with Gasteiger partial charge in [0.2, 0.25) is 5.95 Å². The van der Waals surface area contributed by atoms with Gasteiger partial charge in [0.05, 0.1) is 6.20 Å². The van der Waals surface area contributed by atoms with E-state index in [4.69, 9.17) is 5.73 Å². The number of nitrogens with two attached hydrogens (primary N) is 1. The molecule has 0 amide bonds. The number of nitrogens with one attached hydrogen (secondary N) is 2. The highest BCUT2D eigenvalue weighted by molar-refractivity contribution is 9.10. The molecule has 4 saturated carbocycles. The standard InChI is InChI=1S/C22H25BrN6/c23-17-2-1-3-18(6-17)28-21-26-11-16(10-24)20(29-21)27-12-22-7-13-4-14(8-22)19(25)15(5-13)9-22/h1-3,6,11,13-15,19H,4-5,7-9,12,25H2,(H2,26,27,28,29)/t13?,14-,15+,19-,22-. The summed E-state index contributed by atoms with van der Waals surface area (Å²) in [7, 11) is 0. The van der Waals surface area contributed by atoms with E-state index in [1.165, 1.54) is 32.1 Å². The highest BCUT2D eigenvalue weighted by Crippen LogP contribution is 2.59. The van der Waals surface area contributed by atoms with Gasteiger partial charge in [0.25, 0.3) is 0 Å². The second kappa shape index (κ2) is 7.26. The molecule has 0 aliphatic heterocycles. The van der Waals surface area contributed by atoms with Crippen LogP contribution in [0.5, 0.6) is 0 Å². The Morgan fingerprint density at radius 2 is 2.03 bits per heavy atom. The Morgan fingerprint density at radius 3 is 2.76 bits per heavy atom. The molecule has 4 N–H and O–H groups in total. The number of halogens is 1. The van der Waals surface area contributed by atoms with Crippen molar-refractivity contribution in [3.05, 3.63) is 40.5 Å². The Balaban J connectivity index is 1.34. The number of hydrogen-bond acceptors (Lipinski definition) is 6. The van der Waals surface area contributed by atoms with E-state index in [1.54, 1.807) is 6.20 Å². The third kappa shape index (κ3) is 3.60. The van der Waals surface area contributed by atoms with Crippen LogP contribution in [-0.2, 0) is 0 Å². The molecular formula is C22H25BrN6. The van der Waals surface area contributed by atoms with Crippen LogP contribution in [0.1, 0.15) is 37.7 Å². The molecule has 6 nitrogen and oxygen atoms in total. The maximum atomic E-state index is 9.52. The molecule has 1 aromatic carbocycles. The van der Waals surface area contributed by atoms with Crippen LogP contribution < -0.4 is 16.4 Å². The van der Waals surface area contributed by atoms with Crippen molar-refractivity contribution in [1.29, 1.82) is 5.26 Å². The van der Waals surface area contributed by atoms with Gasteiger partial charge < -0.3 is 16.4 Å². The fraction of sp³-hybridized carbons (Fsp3) is 0.500. The van der Waals surface area contributed by atoms with Gasteiger partial charge in [-0.05, 0) is 73.5 Å². The molecule has 0 saturated heterocycles. The van der Waals surface area contributed by atoms with Crippen LogP contribution >= 0.6 is 15.9 Å². The Bertz CT molecular complexity index is 954. The van der Waals surface area contributed by atoms with E-state index in [1.807, 2.05) is 24.3 Å². The second-order valence-corrected chi connectivity index (χ2v) is 10.0. The minimum Gasteiger partial charge on any atom is -0.368 e. The van der Waals surface area contributed by atoms with Crippen molar-refractivity contribution in [2.45, 2.75) is 38.1 Å². The Morgan fingerprint density at radius 1 is 1.24 bits per heavy atom. The van der Waals surface area contributed by atoms with Crippen LogP contribution in [0.15, 0.2) is 34.9 Å². The first-order chi connectivity index (χ1) is 14.0. The van der Waals surface area contributed by atoms with Gasteiger partial charge in [-0.25, -0.2) is 4.98 Å². The van der Waals surface area contributed by atoms with E-state index in [0.717, 1.165) is 22.6 Å². The molecular weight excluding hydrogens is 428 g/mol. The van der Waals surface area contributed by atoms with Crippen LogP contribution in [-0.4, -0.2) is 22.6 Å². The third-order valence-electron chi connectivity index (χ3n) is 7.09. The molecule has 6 rings (SSSR count). The lowest BCUT2D eigenvalue weighted by Gasteiger charge is -2.59. The van der Waals surface area contributed by atoms with Gasteiger partial charge in [0.15, 0.2) is 0 Å². The first kappa shape index (κ1) is 18.8. The van der Waals surface area contributed by atoms with E-state index in [0.29, 0.717) is 40.6 Å². The van der Waals surface area contributed by atoms with E-state index in [-0.39, 0.29) is 0 Å². The number of aromatic nitrogens is 2. The highest BCUT2D eigenvalue weighted by atomic mass is 79.9. The number of nitrogens with zero attached hydrogens (tertiary/aromatic N) is 3. The lowest BCUT2D eigenvalue weighted by Crippen LogP contribution is -2.58. The average molecular weight is 453 g/mol. The van der Waals surface area contributed by atoms with Crippen LogP contribution in [0.2, 0.25) is 0 Å². The van der Waals surface area contributed by atoms with E-state index < -0.39 is 0 Å². The quantitative estimate of drug-likeness (QED) is 0.620. The molecule has 4 aliphatic carbocycles. The van der Waals surface area contributed by atoms with Crippen molar-refractivity contribution in [1.82, 2.24) is 9.97 Å². The molecule has 4 fully saturated rings. The molecule has 0 spiro atoms. The predicted octanol–water partition coefficient (Wildman–Crippen LogP) is 4.42. The summed E-state index contributed by atoms with van der Waals surface area (Å²) in [5, 5.41) is 16.2. The predicted molar refractivity (Wildman–Crippen MR) is 117 cm³/mol. The van der Waals surface area contributed by atoms with Crippen molar-refractivity contribution in [2.24, 2.45) is 28.9 Å². The van der Waals surface area contributed by atoms with Crippen molar-refractivity contribution in [2.75, 3.05) is 17.2 Å². The Kier molecular flexibility index (Phi) is 4.72. The summed E-state index contributed by atoms with van der Waals surface area (Å²) in [4.78, 5) is 8.91. The van der Waals surface area contributed by atoms with Crippen LogP contribution in [0.25, 0.3) is 0 Å². The smallest absolute Gasteiger partial charge is 0.229 e. The van der Waals surface area contributed by atoms with E-state index in [9.17, 15) is 5.26 Å². The minimum absolute atomic E-state index is 0.294. The molecule has 2 aromatic rings. The third-order valence-corrected chi connectivity index (χ3v) is 7.59. The fourth-order valence-electron chi connectivity index (χ4n) is 6.07. The van der Waals surface area contributed by atoms with Gasteiger partial charge in [0.1, 0.15) is 17.5 Å². The molecule has 5 atom stereocenters. The maximum Gasteiger partial charge on any atom is 0.229 e. The Hall–Kier alpha value is -2.17. The molecule has 29 heavy (non-hydrogen) atoms. The summed E-state index contributed by atoms with van der Waals surface area (Å²) in [6.45, 7) is 0.852. The number of benzene rings is 1. The van der Waals surface area contributed by atoms with Crippen LogP contribution in [0.4, 0.5) is 17.5 Å². The summed E-state index contributed by atoms with van der Waals surface area (Å²) in [6.07, 6.45) is 7.86. The number of nitriles is 1. The molecule has 7 heteroatoms. The second-order valence-electron chi connectivity index (χ2n) is 9.10. The summed E-state index contributed by atoms with van der Waals surface area (Å²) < 4.78 is 0.981. The first-order valence-corrected chi connectivity index (χ1v) is 11.1. The summed E-state index contributed by atoms with van der Waals surface area (Å²) in [5.74, 6) is 3.25. The van der Waals surface area contributed by atoms with Gasteiger partial charge in [-0.2, -0.15) is 10.2 Å². The molecule has 150 valence electrons. The molecule has 1 unspecified atom stereocenters. The molecule has 0 radical (unpaired) electrons. The van der Waals surface area contributed by atoms with Crippen molar-refractivity contribution >= 4 is 33.4 Å². The maximum absolute atomic E-state index is 9.52. The Labute approximate surface area is 179 Å². The van der Waals surface area contributed by atoms with Gasteiger partial charge in [0, 0.05) is 22.7 Å². The number of rotatable bonds is 5. The SMILES string of the molecule is N#Cc1cnc(Nc2cccc(Br)c2)nc1NC[C@]12CC3C[C@H](C1)[C@@H](N)[C@@H](C3)C2. The fourth-order valence-corrected chi connectivity index (χ4v) is 6.47.